The van der Waals surface area contributed by atoms with E-state index in [0.717, 1.165) is 6.61 Å². The zero-order valence-corrected chi connectivity index (χ0v) is 11.4. The lowest BCUT2D eigenvalue weighted by Gasteiger charge is -2.42. The molecule has 1 aromatic carbocycles. The van der Waals surface area contributed by atoms with Gasteiger partial charge in [0.15, 0.2) is 0 Å². The molecule has 2 N–H and O–H groups in total. The van der Waals surface area contributed by atoms with Gasteiger partial charge in [-0.2, -0.15) is 0 Å². The second-order valence-corrected chi connectivity index (χ2v) is 5.49. The molecule has 0 radical (unpaired) electrons. The van der Waals surface area contributed by atoms with E-state index >= 15 is 0 Å². The van der Waals surface area contributed by atoms with Crippen LogP contribution in [0.5, 0.6) is 0 Å². The summed E-state index contributed by atoms with van der Waals surface area (Å²) in [6, 6.07) is 10.7. The molecule has 2 rings (SSSR count). The van der Waals surface area contributed by atoms with E-state index in [4.69, 9.17) is 10.5 Å². The van der Waals surface area contributed by atoms with Crippen molar-refractivity contribution in [2.75, 3.05) is 20.3 Å². The minimum Gasteiger partial charge on any atom is -0.384 e. The van der Waals surface area contributed by atoms with Crippen LogP contribution in [0, 0.1) is 5.92 Å². The van der Waals surface area contributed by atoms with Gasteiger partial charge in [-0.1, -0.05) is 49.6 Å². The molecule has 0 spiro atoms. The average Bonchev–Trinajstić information content (AvgIpc) is 2.47. The van der Waals surface area contributed by atoms with Crippen LogP contribution in [-0.2, 0) is 10.2 Å². The number of nitrogens with two attached hydrogens (primary N) is 1. The van der Waals surface area contributed by atoms with Gasteiger partial charge < -0.3 is 10.5 Å². The Labute approximate surface area is 111 Å². The van der Waals surface area contributed by atoms with Crippen LogP contribution in [0.1, 0.15) is 37.7 Å². The quantitative estimate of drug-likeness (QED) is 0.867. The van der Waals surface area contributed by atoms with Crippen LogP contribution in [-0.4, -0.2) is 20.3 Å². The number of hydrogen-bond acceptors (Lipinski definition) is 2. The minimum atomic E-state index is 0.0103. The van der Waals surface area contributed by atoms with E-state index in [0.29, 0.717) is 12.5 Å². The fraction of sp³-hybridized carbons (Fsp3) is 0.625. The standard InChI is InChI=1S/C16H25NO/c1-18-13-16(12-17,14-8-4-2-5-9-14)15-10-6-3-7-11-15/h2,4-5,8-9,15H,3,6-7,10-13,17H2,1H3. The monoisotopic (exact) mass is 247 g/mol. The first-order chi connectivity index (χ1) is 8.83. The van der Waals surface area contributed by atoms with Gasteiger partial charge in [-0.25, -0.2) is 0 Å². The first kappa shape index (κ1) is 13.6. The Kier molecular flexibility index (Phi) is 4.79. The zero-order valence-electron chi connectivity index (χ0n) is 11.4. The summed E-state index contributed by atoms with van der Waals surface area (Å²) in [7, 11) is 1.79. The van der Waals surface area contributed by atoms with Crippen LogP contribution in [0.25, 0.3) is 0 Å². The molecule has 1 aromatic rings. The molecule has 0 heterocycles. The molecule has 1 fully saturated rings. The van der Waals surface area contributed by atoms with E-state index in [-0.39, 0.29) is 5.41 Å². The SMILES string of the molecule is COCC(CN)(c1ccccc1)C1CCCCC1. The highest BCUT2D eigenvalue weighted by Crippen LogP contribution is 2.40. The van der Waals surface area contributed by atoms with Gasteiger partial charge in [0.05, 0.1) is 6.61 Å². The molecule has 0 saturated heterocycles. The molecule has 100 valence electrons. The average molecular weight is 247 g/mol. The topological polar surface area (TPSA) is 35.2 Å². The Hall–Kier alpha value is -0.860. The van der Waals surface area contributed by atoms with Crippen molar-refractivity contribution < 1.29 is 4.74 Å². The lowest BCUT2D eigenvalue weighted by molar-refractivity contribution is 0.0784. The lowest BCUT2D eigenvalue weighted by atomic mass is 9.65. The van der Waals surface area contributed by atoms with Crippen molar-refractivity contribution in [2.24, 2.45) is 11.7 Å². The largest absolute Gasteiger partial charge is 0.384 e. The Balaban J connectivity index is 2.32. The second-order valence-electron chi connectivity index (χ2n) is 5.49. The Morgan fingerprint density at radius 2 is 1.83 bits per heavy atom. The molecule has 0 aliphatic heterocycles. The summed E-state index contributed by atoms with van der Waals surface area (Å²) in [6.07, 6.45) is 6.62. The van der Waals surface area contributed by atoms with Crippen LogP contribution >= 0.6 is 0 Å². The minimum absolute atomic E-state index is 0.0103. The molecule has 18 heavy (non-hydrogen) atoms. The zero-order chi connectivity index (χ0) is 12.8. The van der Waals surface area contributed by atoms with Gasteiger partial charge in [-0.15, -0.1) is 0 Å². The predicted octanol–water partition coefficient (Wildman–Crippen LogP) is 3.11. The number of ether oxygens (including phenoxy) is 1. The molecule has 1 aliphatic carbocycles. The highest BCUT2D eigenvalue weighted by atomic mass is 16.5. The Morgan fingerprint density at radius 1 is 1.17 bits per heavy atom. The van der Waals surface area contributed by atoms with Gasteiger partial charge in [0, 0.05) is 19.1 Å². The third-order valence-corrected chi connectivity index (χ3v) is 4.50. The third-order valence-electron chi connectivity index (χ3n) is 4.50. The maximum absolute atomic E-state index is 6.18. The van der Waals surface area contributed by atoms with Crippen LogP contribution in [0.2, 0.25) is 0 Å². The van der Waals surface area contributed by atoms with Gasteiger partial charge in [-0.3, -0.25) is 0 Å². The fourth-order valence-electron chi connectivity index (χ4n) is 3.46. The normalized spacial score (nSPS) is 20.6. The van der Waals surface area contributed by atoms with E-state index in [9.17, 15) is 0 Å². The van der Waals surface area contributed by atoms with Crippen LogP contribution < -0.4 is 5.73 Å². The summed E-state index contributed by atoms with van der Waals surface area (Å²) in [6.45, 7) is 1.41. The molecule has 0 bridgehead atoms. The van der Waals surface area contributed by atoms with Gasteiger partial charge in [0.1, 0.15) is 0 Å². The van der Waals surface area contributed by atoms with Gasteiger partial charge >= 0.3 is 0 Å². The number of benzene rings is 1. The van der Waals surface area contributed by atoms with Gasteiger partial charge in [0.25, 0.3) is 0 Å². The molecule has 2 heteroatoms. The van der Waals surface area contributed by atoms with Crippen molar-refractivity contribution in [3.63, 3.8) is 0 Å². The molecule has 0 amide bonds. The van der Waals surface area contributed by atoms with Crippen molar-refractivity contribution in [1.29, 1.82) is 0 Å². The van der Waals surface area contributed by atoms with Crippen molar-refractivity contribution in [1.82, 2.24) is 0 Å². The molecule has 1 atom stereocenters. The summed E-state index contributed by atoms with van der Waals surface area (Å²) >= 11 is 0. The highest BCUT2D eigenvalue weighted by Gasteiger charge is 2.39. The first-order valence-electron chi connectivity index (χ1n) is 7.08. The predicted molar refractivity (Wildman–Crippen MR) is 75.6 cm³/mol. The van der Waals surface area contributed by atoms with E-state index in [1.54, 1.807) is 7.11 Å². The number of hydrogen-bond donors (Lipinski definition) is 1. The summed E-state index contributed by atoms with van der Waals surface area (Å²) in [5.74, 6) is 0.665. The van der Waals surface area contributed by atoms with E-state index in [1.807, 2.05) is 0 Å². The fourth-order valence-corrected chi connectivity index (χ4v) is 3.46. The molecule has 1 saturated carbocycles. The van der Waals surface area contributed by atoms with Crippen molar-refractivity contribution in [3.8, 4) is 0 Å². The van der Waals surface area contributed by atoms with Crippen molar-refractivity contribution >= 4 is 0 Å². The summed E-state index contributed by atoms with van der Waals surface area (Å²) in [4.78, 5) is 0. The molecule has 2 nitrogen and oxygen atoms in total. The van der Waals surface area contributed by atoms with Crippen LogP contribution in [0.3, 0.4) is 0 Å². The molecular formula is C16H25NO. The molecule has 1 aliphatic rings. The molecule has 1 unspecified atom stereocenters. The maximum atomic E-state index is 6.18. The number of methoxy groups -OCH3 is 1. The van der Waals surface area contributed by atoms with Gasteiger partial charge in [0.2, 0.25) is 0 Å². The highest BCUT2D eigenvalue weighted by molar-refractivity contribution is 5.27. The third kappa shape index (κ3) is 2.60. The van der Waals surface area contributed by atoms with E-state index in [2.05, 4.69) is 30.3 Å². The number of rotatable bonds is 5. The van der Waals surface area contributed by atoms with E-state index in [1.165, 1.54) is 37.7 Å². The van der Waals surface area contributed by atoms with Crippen molar-refractivity contribution in [3.05, 3.63) is 35.9 Å². The second kappa shape index (κ2) is 6.35. The summed E-state index contributed by atoms with van der Waals surface area (Å²) < 4.78 is 5.53. The van der Waals surface area contributed by atoms with Crippen molar-refractivity contribution in [2.45, 2.75) is 37.5 Å². The summed E-state index contributed by atoms with van der Waals surface area (Å²) in [5, 5.41) is 0. The smallest absolute Gasteiger partial charge is 0.0574 e. The Morgan fingerprint density at radius 3 is 2.39 bits per heavy atom. The summed E-state index contributed by atoms with van der Waals surface area (Å²) in [5.41, 5.74) is 7.54. The maximum Gasteiger partial charge on any atom is 0.0574 e. The molecular weight excluding hydrogens is 222 g/mol. The van der Waals surface area contributed by atoms with Crippen LogP contribution in [0.15, 0.2) is 30.3 Å². The first-order valence-corrected chi connectivity index (χ1v) is 7.08. The van der Waals surface area contributed by atoms with E-state index < -0.39 is 0 Å². The van der Waals surface area contributed by atoms with Gasteiger partial charge in [-0.05, 0) is 24.3 Å². The lowest BCUT2D eigenvalue weighted by Crippen LogP contribution is -2.46. The Bertz CT molecular complexity index is 345. The van der Waals surface area contributed by atoms with Crippen LogP contribution in [0.4, 0.5) is 0 Å². The molecule has 0 aromatic heterocycles.